The van der Waals surface area contributed by atoms with Gasteiger partial charge in [-0.2, -0.15) is 13.2 Å². The van der Waals surface area contributed by atoms with Crippen molar-refractivity contribution < 1.29 is 26.4 Å². The van der Waals surface area contributed by atoms with Crippen LogP contribution in [-0.4, -0.2) is 19.8 Å². The zero-order valence-electron chi connectivity index (χ0n) is 13.0. The molecule has 4 nitrogen and oxygen atoms in total. The van der Waals surface area contributed by atoms with E-state index in [4.69, 9.17) is 0 Å². The molecule has 1 aromatic carbocycles. The Kier molecular flexibility index (Phi) is 4.14. The normalized spacial score (nSPS) is 29.7. The zero-order chi connectivity index (χ0) is 17.7. The molecular weight excluding hydrogens is 343 g/mol. The van der Waals surface area contributed by atoms with E-state index >= 15 is 0 Å². The van der Waals surface area contributed by atoms with Gasteiger partial charge in [0.2, 0.25) is 5.91 Å². The van der Waals surface area contributed by atoms with Crippen LogP contribution in [0.25, 0.3) is 0 Å². The van der Waals surface area contributed by atoms with E-state index in [1.165, 1.54) is 12.1 Å². The fraction of sp³-hybridized carbons (Fsp3) is 0.562. The molecule has 4 atom stereocenters. The van der Waals surface area contributed by atoms with Gasteiger partial charge >= 0.3 is 5.51 Å². The SMILES string of the molecule is C[C@H]1C(C(=O)Nc2cccc(S(=O)(=O)C(F)(F)F)c2)[C@@H]2CC[C@H]1C2. The van der Waals surface area contributed by atoms with E-state index in [1.54, 1.807) is 0 Å². The highest BCUT2D eigenvalue weighted by Gasteiger charge is 2.49. The Morgan fingerprint density at radius 2 is 1.88 bits per heavy atom. The maximum absolute atomic E-state index is 12.6. The summed E-state index contributed by atoms with van der Waals surface area (Å²) < 4.78 is 60.8. The van der Waals surface area contributed by atoms with E-state index in [1.807, 2.05) is 6.92 Å². The molecule has 0 heterocycles. The summed E-state index contributed by atoms with van der Waals surface area (Å²) in [7, 11) is -5.42. The number of rotatable bonds is 3. The first-order chi connectivity index (χ1) is 11.1. The zero-order valence-corrected chi connectivity index (χ0v) is 13.8. The van der Waals surface area contributed by atoms with Gasteiger partial charge in [0.25, 0.3) is 9.84 Å². The Balaban J connectivity index is 1.80. The van der Waals surface area contributed by atoms with Crippen LogP contribution < -0.4 is 5.32 Å². The number of amides is 1. The third-order valence-corrected chi connectivity index (χ3v) is 6.83. The van der Waals surface area contributed by atoms with Gasteiger partial charge in [-0.1, -0.05) is 13.0 Å². The molecule has 0 aliphatic heterocycles. The number of benzene rings is 1. The molecule has 3 rings (SSSR count). The number of carbonyl (C=O) groups is 1. The van der Waals surface area contributed by atoms with Crippen molar-refractivity contribution in [3.05, 3.63) is 24.3 Å². The molecule has 8 heteroatoms. The average molecular weight is 361 g/mol. The summed E-state index contributed by atoms with van der Waals surface area (Å²) in [5.41, 5.74) is -5.30. The van der Waals surface area contributed by atoms with Gasteiger partial charge in [0.1, 0.15) is 0 Å². The van der Waals surface area contributed by atoms with E-state index < -0.39 is 20.2 Å². The fourth-order valence-corrected chi connectivity index (χ4v) is 4.94. The number of hydrogen-bond donors (Lipinski definition) is 1. The lowest BCUT2D eigenvalue weighted by molar-refractivity contribution is -0.122. The second-order valence-corrected chi connectivity index (χ2v) is 8.63. The molecule has 1 unspecified atom stereocenters. The molecule has 0 spiro atoms. The lowest BCUT2D eigenvalue weighted by Crippen LogP contribution is -2.32. The molecule has 24 heavy (non-hydrogen) atoms. The third kappa shape index (κ3) is 2.81. The van der Waals surface area contributed by atoms with Crippen LogP contribution in [0.3, 0.4) is 0 Å². The van der Waals surface area contributed by atoms with Gasteiger partial charge in [0.15, 0.2) is 0 Å². The molecule has 132 valence electrons. The Hall–Kier alpha value is -1.57. The van der Waals surface area contributed by atoms with Crippen LogP contribution in [0.4, 0.5) is 18.9 Å². The van der Waals surface area contributed by atoms with E-state index in [0.29, 0.717) is 11.8 Å². The molecule has 0 aromatic heterocycles. The molecule has 1 N–H and O–H groups in total. The quantitative estimate of drug-likeness (QED) is 0.895. The summed E-state index contributed by atoms with van der Waals surface area (Å²) in [5.74, 6) is 0.684. The van der Waals surface area contributed by atoms with Crippen molar-refractivity contribution in [2.24, 2.45) is 23.7 Å². The van der Waals surface area contributed by atoms with Gasteiger partial charge in [-0.25, -0.2) is 8.42 Å². The Morgan fingerprint density at radius 3 is 2.46 bits per heavy atom. The average Bonchev–Trinajstić information content (AvgIpc) is 3.07. The van der Waals surface area contributed by atoms with E-state index in [2.05, 4.69) is 5.32 Å². The monoisotopic (exact) mass is 361 g/mol. The summed E-state index contributed by atoms with van der Waals surface area (Å²) in [6, 6.07) is 4.32. The highest BCUT2D eigenvalue weighted by atomic mass is 32.2. The highest BCUT2D eigenvalue weighted by Crippen LogP contribution is 2.52. The first-order valence-corrected chi connectivity index (χ1v) is 9.32. The molecule has 1 aromatic rings. The molecule has 2 saturated carbocycles. The number of fused-ring (bicyclic) bond motifs is 2. The van der Waals surface area contributed by atoms with Crippen molar-refractivity contribution in [2.45, 2.75) is 36.6 Å². The van der Waals surface area contributed by atoms with E-state index in [9.17, 15) is 26.4 Å². The van der Waals surface area contributed by atoms with Crippen molar-refractivity contribution in [1.82, 2.24) is 0 Å². The number of anilines is 1. The van der Waals surface area contributed by atoms with E-state index in [0.717, 1.165) is 31.4 Å². The van der Waals surface area contributed by atoms with Crippen LogP contribution >= 0.6 is 0 Å². The van der Waals surface area contributed by atoms with Crippen LogP contribution in [0.2, 0.25) is 0 Å². The van der Waals surface area contributed by atoms with Gasteiger partial charge in [-0.15, -0.1) is 0 Å². The smallest absolute Gasteiger partial charge is 0.326 e. The van der Waals surface area contributed by atoms with Crippen molar-refractivity contribution in [3.8, 4) is 0 Å². The van der Waals surface area contributed by atoms with Crippen molar-refractivity contribution in [2.75, 3.05) is 5.32 Å². The number of alkyl halides is 3. The lowest BCUT2D eigenvalue weighted by Gasteiger charge is -2.27. The van der Waals surface area contributed by atoms with Gasteiger partial charge in [-0.05, 0) is 55.2 Å². The number of sulfone groups is 1. The molecule has 2 bridgehead atoms. The van der Waals surface area contributed by atoms with Crippen LogP contribution in [0.15, 0.2) is 29.2 Å². The molecule has 2 fully saturated rings. The maximum atomic E-state index is 12.6. The first-order valence-electron chi connectivity index (χ1n) is 7.83. The number of carbonyl (C=O) groups excluding carboxylic acids is 1. The Morgan fingerprint density at radius 1 is 1.21 bits per heavy atom. The predicted molar refractivity (Wildman–Crippen MR) is 81.8 cm³/mol. The van der Waals surface area contributed by atoms with Crippen molar-refractivity contribution >= 4 is 21.4 Å². The van der Waals surface area contributed by atoms with Crippen molar-refractivity contribution in [1.29, 1.82) is 0 Å². The largest absolute Gasteiger partial charge is 0.501 e. The van der Waals surface area contributed by atoms with Gasteiger partial charge < -0.3 is 5.32 Å². The summed E-state index contributed by atoms with van der Waals surface area (Å²) in [5, 5.41) is 2.59. The second-order valence-electron chi connectivity index (χ2n) is 6.68. The number of hydrogen-bond acceptors (Lipinski definition) is 3. The minimum Gasteiger partial charge on any atom is -0.326 e. The van der Waals surface area contributed by atoms with Gasteiger partial charge in [0, 0.05) is 11.6 Å². The summed E-state index contributed by atoms with van der Waals surface area (Å²) in [4.78, 5) is 11.6. The summed E-state index contributed by atoms with van der Waals surface area (Å²) >= 11 is 0. The van der Waals surface area contributed by atoms with Gasteiger partial charge in [-0.3, -0.25) is 4.79 Å². The molecule has 0 saturated heterocycles. The fourth-order valence-electron chi connectivity index (χ4n) is 4.13. The predicted octanol–water partition coefficient (Wildman–Crippen LogP) is 3.60. The van der Waals surface area contributed by atoms with Crippen LogP contribution in [0, 0.1) is 23.7 Å². The number of halogens is 3. The van der Waals surface area contributed by atoms with Crippen molar-refractivity contribution in [3.63, 3.8) is 0 Å². The van der Waals surface area contributed by atoms with Crippen LogP contribution in [0.1, 0.15) is 26.2 Å². The standard InChI is InChI=1S/C16H18F3NO3S/c1-9-10-5-6-11(7-10)14(9)15(21)20-12-3-2-4-13(8-12)24(22,23)16(17,18)19/h2-4,8-11,14H,5-7H2,1H3,(H,20,21)/t9-,10+,11-,14?/m1/s1. The summed E-state index contributed by atoms with van der Waals surface area (Å²) in [6.45, 7) is 2.03. The summed E-state index contributed by atoms with van der Waals surface area (Å²) in [6.07, 6.45) is 3.13. The Labute approximate surface area is 138 Å². The lowest BCUT2D eigenvalue weighted by atomic mass is 9.80. The minimum atomic E-state index is -5.42. The van der Waals surface area contributed by atoms with Crippen LogP contribution in [-0.2, 0) is 14.6 Å². The third-order valence-electron chi connectivity index (χ3n) is 5.35. The number of nitrogens with one attached hydrogen (secondary N) is 1. The second kappa shape index (κ2) is 5.75. The Bertz CT molecular complexity index is 758. The topological polar surface area (TPSA) is 63.2 Å². The molecule has 0 radical (unpaired) electrons. The first kappa shape index (κ1) is 17.3. The highest BCUT2D eigenvalue weighted by molar-refractivity contribution is 7.92. The molecule has 1 amide bonds. The molecule has 2 aliphatic carbocycles. The molecule has 2 aliphatic rings. The van der Waals surface area contributed by atoms with Crippen LogP contribution in [0.5, 0.6) is 0 Å². The van der Waals surface area contributed by atoms with Gasteiger partial charge in [0.05, 0.1) is 4.90 Å². The molecular formula is C16H18F3NO3S. The maximum Gasteiger partial charge on any atom is 0.501 e. The van der Waals surface area contributed by atoms with E-state index in [-0.39, 0.29) is 23.4 Å². The minimum absolute atomic E-state index is 0.0697.